The van der Waals surface area contributed by atoms with Crippen LogP contribution in [0.5, 0.6) is 17.2 Å². The number of hydrogen-bond donors (Lipinski definition) is 1. The van der Waals surface area contributed by atoms with Crippen LogP contribution in [0.4, 0.5) is 15.9 Å². The number of allylic oxidation sites excluding steroid dienone is 1. The van der Waals surface area contributed by atoms with Gasteiger partial charge in [0.05, 0.1) is 42.1 Å². The Morgan fingerprint density at radius 2 is 1.85 bits per heavy atom. The van der Waals surface area contributed by atoms with Crippen LogP contribution < -0.4 is 19.5 Å². The number of hydrogen-bond acceptors (Lipinski definition) is 9. The van der Waals surface area contributed by atoms with Crippen LogP contribution in [0, 0.1) is 12.7 Å². The molecule has 0 radical (unpaired) electrons. The van der Waals surface area contributed by atoms with Gasteiger partial charge in [-0.15, -0.1) is 0 Å². The average Bonchev–Trinajstić information content (AvgIpc) is 3.77. The molecule has 2 N–H and O–H groups in total. The molecule has 7 rings (SSSR count). The fourth-order valence-corrected chi connectivity index (χ4v) is 7.88. The monoisotopic (exact) mass is 673 g/mol. The highest BCUT2D eigenvalue weighted by Gasteiger charge is 2.33. The van der Waals surface area contributed by atoms with Crippen molar-refractivity contribution in [1.29, 1.82) is 0 Å². The molecule has 13 heteroatoms. The van der Waals surface area contributed by atoms with Crippen LogP contribution in [0.25, 0.3) is 11.8 Å². The van der Waals surface area contributed by atoms with Crippen molar-refractivity contribution in [2.45, 2.75) is 19.8 Å². The van der Waals surface area contributed by atoms with Gasteiger partial charge in [-0.2, -0.15) is 5.10 Å². The van der Waals surface area contributed by atoms with Crippen molar-refractivity contribution >= 4 is 33.4 Å². The molecule has 0 amide bonds. The molecule has 4 aromatic rings. The van der Waals surface area contributed by atoms with Gasteiger partial charge in [0, 0.05) is 38.2 Å². The van der Waals surface area contributed by atoms with Crippen molar-refractivity contribution in [3.8, 4) is 22.9 Å². The van der Waals surface area contributed by atoms with Crippen LogP contribution in [0.2, 0.25) is 0 Å². The number of nitrogen functional groups attached to an aromatic ring is 1. The second kappa shape index (κ2) is 13.1. The van der Waals surface area contributed by atoms with E-state index in [1.54, 1.807) is 36.4 Å². The summed E-state index contributed by atoms with van der Waals surface area (Å²) < 4.78 is 60.2. The Labute approximate surface area is 278 Å². The van der Waals surface area contributed by atoms with Gasteiger partial charge in [0.1, 0.15) is 23.9 Å². The Morgan fingerprint density at radius 1 is 1.04 bits per heavy atom. The summed E-state index contributed by atoms with van der Waals surface area (Å²) in [5.41, 5.74) is 10.8. The molecule has 3 aromatic carbocycles. The van der Waals surface area contributed by atoms with Gasteiger partial charge < -0.3 is 19.9 Å². The van der Waals surface area contributed by atoms with E-state index >= 15 is 0 Å². The first-order valence-corrected chi connectivity index (χ1v) is 17.5. The first-order valence-electron chi connectivity index (χ1n) is 15.9. The quantitative estimate of drug-likeness (QED) is 0.237. The summed E-state index contributed by atoms with van der Waals surface area (Å²) in [7, 11) is -3.46. The molecule has 11 nitrogen and oxygen atoms in total. The summed E-state index contributed by atoms with van der Waals surface area (Å²) in [4.78, 5) is 16.1. The molecule has 0 unspecified atom stereocenters. The van der Waals surface area contributed by atoms with Gasteiger partial charge in [-0.25, -0.2) is 17.5 Å². The molecule has 2 saturated heterocycles. The first kappa shape index (κ1) is 31.9. The Bertz CT molecular complexity index is 2020. The smallest absolute Gasteiger partial charge is 0.235 e. The number of morpholine rings is 1. The van der Waals surface area contributed by atoms with Crippen molar-refractivity contribution in [2.24, 2.45) is 0 Å². The third-order valence-corrected chi connectivity index (χ3v) is 10.7. The van der Waals surface area contributed by atoms with E-state index in [4.69, 9.17) is 19.9 Å². The molecule has 2 aliphatic heterocycles. The van der Waals surface area contributed by atoms with Crippen LogP contribution in [-0.4, -0.2) is 80.6 Å². The SMILES string of the molecule is Cc1cc(Oc2ccccc2F)ccc1-n1ncc(C(=O)C2=Cc3cc(OCCN4CCOCC4)c(N4CCCS4(=O)=O)cc3C2)c1N. The van der Waals surface area contributed by atoms with E-state index < -0.39 is 15.8 Å². The predicted molar refractivity (Wildman–Crippen MR) is 180 cm³/mol. The number of fused-ring (bicyclic) bond motifs is 1. The summed E-state index contributed by atoms with van der Waals surface area (Å²) in [6.45, 7) is 6.31. The zero-order valence-corrected chi connectivity index (χ0v) is 27.3. The maximum Gasteiger partial charge on any atom is 0.235 e. The molecule has 0 bridgehead atoms. The van der Waals surface area contributed by atoms with Crippen molar-refractivity contribution in [3.63, 3.8) is 0 Å². The number of Topliss-reactive ketones (excluding diaryl/α,β-unsaturated/α-hetero) is 1. The molecule has 3 aliphatic rings. The average molecular weight is 674 g/mol. The molecule has 0 atom stereocenters. The standard InChI is InChI=1S/C35H36FN5O6S/c1-23-17-27(47-32-6-3-2-5-29(32)36)7-8-30(23)41-35(37)28(22-38-41)34(42)26-18-24-20-31(40-9-4-16-48(40,43)44)33(21-25(24)19-26)46-15-12-39-10-13-45-14-11-39/h2-3,5-8,17,19-22H,4,9-16,18,37H2,1H3. The van der Waals surface area contributed by atoms with Crippen molar-refractivity contribution in [3.05, 3.63) is 94.4 Å². The summed E-state index contributed by atoms with van der Waals surface area (Å²) in [6.07, 6.45) is 4.12. The van der Waals surface area contributed by atoms with Crippen LogP contribution in [0.3, 0.4) is 0 Å². The number of carbonyl (C=O) groups excluding carboxylic acids is 1. The van der Waals surface area contributed by atoms with Gasteiger partial charge >= 0.3 is 0 Å². The molecule has 0 saturated carbocycles. The zero-order valence-electron chi connectivity index (χ0n) is 26.5. The van der Waals surface area contributed by atoms with E-state index in [0.717, 1.165) is 29.8 Å². The summed E-state index contributed by atoms with van der Waals surface area (Å²) in [6, 6.07) is 15.0. The second-order valence-corrected chi connectivity index (χ2v) is 14.1. The number of rotatable bonds is 10. The Balaban J connectivity index is 1.11. The fraction of sp³-hybridized carbons (Fsp3) is 0.314. The molecule has 3 heterocycles. The van der Waals surface area contributed by atoms with E-state index in [2.05, 4.69) is 10.00 Å². The normalized spacial score (nSPS) is 17.3. The lowest BCUT2D eigenvalue weighted by Gasteiger charge is -2.27. The molecule has 0 spiro atoms. The van der Waals surface area contributed by atoms with Gasteiger partial charge in [0.25, 0.3) is 0 Å². The van der Waals surface area contributed by atoms with Crippen molar-refractivity contribution in [2.75, 3.05) is 61.8 Å². The third kappa shape index (κ3) is 6.28. The lowest BCUT2D eigenvalue weighted by molar-refractivity contribution is 0.0323. The lowest BCUT2D eigenvalue weighted by atomic mass is 10.0. The number of carbonyl (C=O) groups is 1. The zero-order chi connectivity index (χ0) is 33.4. The van der Waals surface area contributed by atoms with Gasteiger partial charge in [-0.1, -0.05) is 12.1 Å². The minimum absolute atomic E-state index is 0.0867. The van der Waals surface area contributed by atoms with Crippen molar-refractivity contribution in [1.82, 2.24) is 14.7 Å². The van der Waals surface area contributed by atoms with E-state index in [1.165, 1.54) is 21.3 Å². The number of anilines is 2. The first-order chi connectivity index (χ1) is 23.2. The van der Waals surface area contributed by atoms with Gasteiger partial charge in [0.2, 0.25) is 10.0 Å². The molecule has 250 valence electrons. The number of aromatic nitrogens is 2. The molecule has 1 aromatic heterocycles. The number of benzene rings is 3. The van der Waals surface area contributed by atoms with E-state index in [-0.39, 0.29) is 28.7 Å². The summed E-state index contributed by atoms with van der Waals surface area (Å²) >= 11 is 0. The van der Waals surface area contributed by atoms with E-state index in [0.29, 0.717) is 74.2 Å². The highest BCUT2D eigenvalue weighted by molar-refractivity contribution is 7.93. The third-order valence-electron chi connectivity index (χ3n) is 8.87. The molecular formula is C35H36FN5O6S. The number of para-hydroxylation sites is 1. The van der Waals surface area contributed by atoms with E-state index in [9.17, 15) is 17.6 Å². The maximum absolute atomic E-state index is 14.1. The van der Waals surface area contributed by atoms with Crippen LogP contribution in [0.1, 0.15) is 33.5 Å². The summed E-state index contributed by atoms with van der Waals surface area (Å²) in [5, 5.41) is 4.42. The Kier molecular flexibility index (Phi) is 8.67. The van der Waals surface area contributed by atoms with Crippen molar-refractivity contribution < 1.29 is 31.8 Å². The number of ether oxygens (including phenoxy) is 3. The maximum atomic E-state index is 14.1. The number of ketones is 1. The Hall–Kier alpha value is -4.72. The minimum atomic E-state index is -3.46. The highest BCUT2D eigenvalue weighted by atomic mass is 32.2. The predicted octanol–water partition coefficient (Wildman–Crippen LogP) is 4.77. The number of nitrogens with zero attached hydrogens (tertiary/aromatic N) is 4. The van der Waals surface area contributed by atoms with E-state index in [1.807, 2.05) is 25.1 Å². The lowest BCUT2D eigenvalue weighted by Crippen LogP contribution is -2.38. The van der Waals surface area contributed by atoms with Gasteiger partial charge in [-0.3, -0.25) is 14.0 Å². The van der Waals surface area contributed by atoms with Crippen LogP contribution in [0.15, 0.2) is 66.4 Å². The molecule has 1 aliphatic carbocycles. The number of aryl methyl sites for hydroxylation is 1. The largest absolute Gasteiger partial charge is 0.490 e. The topological polar surface area (TPSA) is 129 Å². The number of halogens is 1. The van der Waals surface area contributed by atoms with Crippen LogP contribution >= 0.6 is 0 Å². The van der Waals surface area contributed by atoms with Crippen LogP contribution in [-0.2, 0) is 21.2 Å². The number of sulfonamides is 1. The second-order valence-electron chi connectivity index (χ2n) is 12.1. The fourth-order valence-electron chi connectivity index (χ4n) is 6.32. The molecule has 48 heavy (non-hydrogen) atoms. The Morgan fingerprint density at radius 3 is 2.60 bits per heavy atom. The van der Waals surface area contributed by atoms with Gasteiger partial charge in [-0.05, 0) is 78.6 Å². The van der Waals surface area contributed by atoms with Gasteiger partial charge in [0.15, 0.2) is 17.3 Å². The highest BCUT2D eigenvalue weighted by Crippen LogP contribution is 2.40. The molecule has 2 fully saturated rings. The minimum Gasteiger partial charge on any atom is -0.490 e. The summed E-state index contributed by atoms with van der Waals surface area (Å²) in [5.74, 6) is 0.569. The number of nitrogens with two attached hydrogens (primary N) is 1. The molecular weight excluding hydrogens is 637 g/mol.